The molecule has 0 fully saturated rings. The molecular formula is C18H17NO2. The summed E-state index contributed by atoms with van der Waals surface area (Å²) in [6.07, 6.45) is 2.32. The number of carbonyl (C=O) groups excluding carboxylic acids is 1. The van der Waals surface area contributed by atoms with Gasteiger partial charge in [-0.05, 0) is 60.3 Å². The van der Waals surface area contributed by atoms with Crippen molar-refractivity contribution in [1.29, 1.82) is 0 Å². The average molecular weight is 279 g/mol. The van der Waals surface area contributed by atoms with Crippen LogP contribution in [0.4, 0.5) is 0 Å². The summed E-state index contributed by atoms with van der Waals surface area (Å²) < 4.78 is 5.38. The van der Waals surface area contributed by atoms with Gasteiger partial charge in [0, 0.05) is 23.7 Å². The summed E-state index contributed by atoms with van der Waals surface area (Å²) in [6.45, 7) is 2.57. The molecule has 0 aliphatic heterocycles. The first kappa shape index (κ1) is 13.4. The topological polar surface area (TPSA) is 42.1 Å². The molecule has 3 nitrogen and oxygen atoms in total. The molecule has 0 amide bonds. The Balaban J connectivity index is 1.75. The lowest BCUT2D eigenvalue weighted by Crippen LogP contribution is -2.03. The number of hydrogen-bond donors (Lipinski definition) is 1. The van der Waals surface area contributed by atoms with Gasteiger partial charge in [0.25, 0.3) is 0 Å². The number of fused-ring (bicyclic) bond motifs is 1. The molecule has 2 aromatic carbocycles. The van der Waals surface area contributed by atoms with E-state index in [1.807, 2.05) is 55.6 Å². The van der Waals surface area contributed by atoms with Gasteiger partial charge in [0.15, 0.2) is 5.78 Å². The maximum atomic E-state index is 12.3. The first-order chi connectivity index (χ1) is 10.3. The van der Waals surface area contributed by atoms with Gasteiger partial charge >= 0.3 is 0 Å². The average Bonchev–Trinajstić information content (AvgIpc) is 2.96. The Hall–Kier alpha value is -2.55. The van der Waals surface area contributed by atoms with Crippen LogP contribution in [0, 0.1) is 0 Å². The van der Waals surface area contributed by atoms with Gasteiger partial charge in [-0.25, -0.2) is 0 Å². The number of ketones is 1. The van der Waals surface area contributed by atoms with Crippen LogP contribution >= 0.6 is 0 Å². The normalized spacial score (nSPS) is 10.7. The zero-order chi connectivity index (χ0) is 14.7. The third-order valence-electron chi connectivity index (χ3n) is 3.47. The number of aromatic amines is 1. The third kappa shape index (κ3) is 2.97. The number of nitrogens with one attached hydrogen (secondary N) is 1. The SMILES string of the molecule is CCOc1ccc(C(=O)Cc2ccc3[nH]ccc3c2)cc1. The number of Topliss-reactive ketones (excluding diaryl/α,β-unsaturated/α-hetero) is 1. The first-order valence-corrected chi connectivity index (χ1v) is 7.08. The van der Waals surface area contributed by atoms with Gasteiger partial charge in [0.1, 0.15) is 5.75 Å². The molecule has 21 heavy (non-hydrogen) atoms. The summed E-state index contributed by atoms with van der Waals surface area (Å²) in [6, 6.07) is 15.4. The van der Waals surface area contributed by atoms with Crippen LogP contribution in [0.3, 0.4) is 0 Å². The Morgan fingerprint density at radius 3 is 2.67 bits per heavy atom. The Labute approximate surface area is 123 Å². The molecule has 0 aliphatic rings. The Kier molecular flexibility index (Phi) is 3.73. The molecule has 0 radical (unpaired) electrons. The fraction of sp³-hybridized carbons (Fsp3) is 0.167. The molecule has 0 saturated carbocycles. The van der Waals surface area contributed by atoms with E-state index < -0.39 is 0 Å². The number of H-pyrrole nitrogens is 1. The highest BCUT2D eigenvalue weighted by Gasteiger charge is 2.08. The second-order valence-corrected chi connectivity index (χ2v) is 4.96. The first-order valence-electron chi connectivity index (χ1n) is 7.08. The van der Waals surface area contributed by atoms with Crippen molar-refractivity contribution in [3.05, 3.63) is 65.9 Å². The molecule has 1 aromatic heterocycles. The number of ether oxygens (including phenoxy) is 1. The van der Waals surface area contributed by atoms with Crippen LogP contribution < -0.4 is 4.74 Å². The van der Waals surface area contributed by atoms with Crippen LogP contribution in [0.2, 0.25) is 0 Å². The molecule has 0 saturated heterocycles. The minimum atomic E-state index is 0.118. The van der Waals surface area contributed by atoms with Crippen LogP contribution in [-0.4, -0.2) is 17.4 Å². The lowest BCUT2D eigenvalue weighted by molar-refractivity contribution is 0.0993. The van der Waals surface area contributed by atoms with Crippen LogP contribution in [0.1, 0.15) is 22.8 Å². The molecular weight excluding hydrogens is 262 g/mol. The fourth-order valence-corrected chi connectivity index (χ4v) is 2.40. The zero-order valence-corrected chi connectivity index (χ0v) is 11.9. The van der Waals surface area contributed by atoms with Crippen molar-refractivity contribution in [2.45, 2.75) is 13.3 Å². The van der Waals surface area contributed by atoms with Crippen LogP contribution in [0.25, 0.3) is 10.9 Å². The smallest absolute Gasteiger partial charge is 0.167 e. The molecule has 0 bridgehead atoms. The van der Waals surface area contributed by atoms with Crippen LogP contribution in [-0.2, 0) is 6.42 Å². The Morgan fingerprint density at radius 1 is 1.10 bits per heavy atom. The van der Waals surface area contributed by atoms with E-state index >= 15 is 0 Å². The van der Waals surface area contributed by atoms with E-state index in [9.17, 15) is 4.79 Å². The molecule has 0 atom stereocenters. The molecule has 0 spiro atoms. The van der Waals surface area contributed by atoms with Crippen molar-refractivity contribution in [3.8, 4) is 5.75 Å². The molecule has 1 heterocycles. The largest absolute Gasteiger partial charge is 0.494 e. The molecule has 3 rings (SSSR count). The minimum absolute atomic E-state index is 0.118. The summed E-state index contributed by atoms with van der Waals surface area (Å²) in [5.74, 6) is 0.913. The Morgan fingerprint density at radius 2 is 1.90 bits per heavy atom. The van der Waals surface area contributed by atoms with Crippen molar-refractivity contribution in [3.63, 3.8) is 0 Å². The monoisotopic (exact) mass is 279 g/mol. The number of hydrogen-bond acceptors (Lipinski definition) is 2. The molecule has 0 aliphatic carbocycles. The molecule has 3 aromatic rings. The summed E-state index contributed by atoms with van der Waals surface area (Å²) in [5, 5.41) is 1.13. The van der Waals surface area contributed by atoms with Gasteiger partial charge in [0.05, 0.1) is 6.61 Å². The number of rotatable bonds is 5. The highest BCUT2D eigenvalue weighted by molar-refractivity contribution is 5.98. The van der Waals surface area contributed by atoms with E-state index in [-0.39, 0.29) is 5.78 Å². The van der Waals surface area contributed by atoms with E-state index in [0.29, 0.717) is 18.6 Å². The van der Waals surface area contributed by atoms with Gasteiger partial charge in [-0.1, -0.05) is 6.07 Å². The predicted molar refractivity (Wildman–Crippen MR) is 83.9 cm³/mol. The third-order valence-corrected chi connectivity index (χ3v) is 3.47. The number of carbonyl (C=O) groups is 1. The Bertz CT molecular complexity index is 756. The van der Waals surface area contributed by atoms with E-state index in [1.54, 1.807) is 0 Å². The molecule has 106 valence electrons. The van der Waals surface area contributed by atoms with Crippen molar-refractivity contribution in [2.75, 3.05) is 6.61 Å². The van der Waals surface area contributed by atoms with Crippen LogP contribution in [0.5, 0.6) is 5.75 Å². The van der Waals surface area contributed by atoms with E-state index in [1.165, 1.54) is 0 Å². The summed E-state index contributed by atoms with van der Waals surface area (Å²) in [5.41, 5.74) is 2.83. The zero-order valence-electron chi connectivity index (χ0n) is 11.9. The van der Waals surface area contributed by atoms with Gasteiger partial charge in [-0.15, -0.1) is 0 Å². The van der Waals surface area contributed by atoms with Crippen molar-refractivity contribution in [2.24, 2.45) is 0 Å². The maximum Gasteiger partial charge on any atom is 0.167 e. The van der Waals surface area contributed by atoms with Crippen molar-refractivity contribution >= 4 is 16.7 Å². The van der Waals surface area contributed by atoms with Gasteiger partial charge in [-0.3, -0.25) is 4.79 Å². The maximum absolute atomic E-state index is 12.3. The second kappa shape index (κ2) is 5.83. The molecule has 3 heteroatoms. The molecule has 0 unspecified atom stereocenters. The fourth-order valence-electron chi connectivity index (χ4n) is 2.40. The van der Waals surface area contributed by atoms with Gasteiger partial charge in [-0.2, -0.15) is 0 Å². The standard InChI is InChI=1S/C18H17NO2/c1-2-21-16-6-4-14(5-7-16)18(20)12-13-3-8-17-15(11-13)9-10-19-17/h3-11,19H,2,12H2,1H3. The second-order valence-electron chi connectivity index (χ2n) is 4.96. The van der Waals surface area contributed by atoms with Crippen molar-refractivity contribution in [1.82, 2.24) is 4.98 Å². The number of benzene rings is 2. The summed E-state index contributed by atoms with van der Waals surface area (Å²) >= 11 is 0. The van der Waals surface area contributed by atoms with E-state index in [2.05, 4.69) is 11.1 Å². The van der Waals surface area contributed by atoms with Gasteiger partial charge in [0.2, 0.25) is 0 Å². The highest BCUT2D eigenvalue weighted by atomic mass is 16.5. The summed E-state index contributed by atoms with van der Waals surface area (Å²) in [4.78, 5) is 15.5. The predicted octanol–water partition coefficient (Wildman–Crippen LogP) is 3.99. The quantitative estimate of drug-likeness (QED) is 0.717. The van der Waals surface area contributed by atoms with E-state index in [0.717, 1.165) is 22.2 Å². The lowest BCUT2D eigenvalue weighted by atomic mass is 10.0. The van der Waals surface area contributed by atoms with E-state index in [4.69, 9.17) is 4.74 Å². The highest BCUT2D eigenvalue weighted by Crippen LogP contribution is 2.17. The summed E-state index contributed by atoms with van der Waals surface area (Å²) in [7, 11) is 0. The van der Waals surface area contributed by atoms with Crippen LogP contribution in [0.15, 0.2) is 54.7 Å². The number of aromatic nitrogens is 1. The lowest BCUT2D eigenvalue weighted by Gasteiger charge is -2.05. The molecule has 1 N–H and O–H groups in total. The van der Waals surface area contributed by atoms with Crippen molar-refractivity contribution < 1.29 is 9.53 Å². The van der Waals surface area contributed by atoms with Gasteiger partial charge < -0.3 is 9.72 Å². The minimum Gasteiger partial charge on any atom is -0.494 e.